The molecule has 0 atom stereocenters. The van der Waals surface area contributed by atoms with Crippen molar-refractivity contribution in [2.24, 2.45) is 0 Å². The lowest BCUT2D eigenvalue weighted by Gasteiger charge is -2.21. The molecule has 0 saturated heterocycles. The minimum absolute atomic E-state index is 0.0493. The number of amides is 1. The van der Waals surface area contributed by atoms with Gasteiger partial charge in [0.25, 0.3) is 0 Å². The summed E-state index contributed by atoms with van der Waals surface area (Å²) < 4.78 is 0. The Morgan fingerprint density at radius 3 is 2.53 bits per heavy atom. The van der Waals surface area contributed by atoms with Gasteiger partial charge in [-0.3, -0.25) is 4.79 Å². The Balaban J connectivity index is 1.54. The van der Waals surface area contributed by atoms with Crippen LogP contribution in [0.2, 0.25) is 0 Å². The molecule has 148 valence electrons. The summed E-state index contributed by atoms with van der Waals surface area (Å²) in [5, 5.41) is 10.7. The highest BCUT2D eigenvalue weighted by Crippen LogP contribution is 2.36. The van der Waals surface area contributed by atoms with Crippen molar-refractivity contribution in [2.45, 2.75) is 11.4 Å². The minimum atomic E-state index is -0.0493. The van der Waals surface area contributed by atoms with Crippen LogP contribution in [0.3, 0.4) is 0 Å². The number of rotatable bonds is 7. The number of nitrogens with zero attached hydrogens (tertiary/aromatic N) is 4. The van der Waals surface area contributed by atoms with Crippen LogP contribution in [0.1, 0.15) is 6.42 Å². The number of para-hydroxylation sites is 1. The first-order valence-electron chi connectivity index (χ1n) is 9.41. The quantitative estimate of drug-likeness (QED) is 0.290. The topological polar surface area (TPSA) is 69.9 Å². The van der Waals surface area contributed by atoms with Gasteiger partial charge in [-0.1, -0.05) is 60.3 Å². The molecular formula is C23H18N4OS2. The third-order valence-electron chi connectivity index (χ3n) is 4.50. The Morgan fingerprint density at radius 1 is 1.07 bits per heavy atom. The Morgan fingerprint density at radius 2 is 1.80 bits per heavy atom. The fourth-order valence-corrected chi connectivity index (χ4v) is 4.99. The summed E-state index contributed by atoms with van der Waals surface area (Å²) in [5.41, 5.74) is 1.94. The molecule has 2 aromatic heterocycles. The number of nitriles is 1. The van der Waals surface area contributed by atoms with E-state index >= 15 is 0 Å². The van der Waals surface area contributed by atoms with E-state index < -0.39 is 0 Å². The molecule has 0 spiro atoms. The van der Waals surface area contributed by atoms with Gasteiger partial charge in [0.05, 0.1) is 18.2 Å². The van der Waals surface area contributed by atoms with Gasteiger partial charge in [0.2, 0.25) is 5.91 Å². The van der Waals surface area contributed by atoms with Crippen LogP contribution >= 0.6 is 23.1 Å². The summed E-state index contributed by atoms with van der Waals surface area (Å²) in [6.07, 6.45) is 1.83. The van der Waals surface area contributed by atoms with Crippen molar-refractivity contribution in [1.82, 2.24) is 9.97 Å². The van der Waals surface area contributed by atoms with E-state index in [9.17, 15) is 4.79 Å². The lowest BCUT2D eigenvalue weighted by atomic mass is 10.2. The van der Waals surface area contributed by atoms with E-state index in [0.717, 1.165) is 31.4 Å². The fraction of sp³-hybridized carbons (Fsp3) is 0.130. The van der Waals surface area contributed by atoms with E-state index in [1.54, 1.807) is 22.6 Å². The zero-order valence-electron chi connectivity index (χ0n) is 16.1. The molecule has 0 aliphatic carbocycles. The van der Waals surface area contributed by atoms with E-state index in [0.29, 0.717) is 6.54 Å². The molecule has 0 aliphatic heterocycles. The number of carbonyl (C=O) groups is 1. The summed E-state index contributed by atoms with van der Waals surface area (Å²) in [7, 11) is 0. The van der Waals surface area contributed by atoms with Crippen LogP contribution in [0.25, 0.3) is 20.7 Å². The molecule has 0 fully saturated rings. The van der Waals surface area contributed by atoms with Crippen molar-refractivity contribution in [1.29, 1.82) is 5.26 Å². The molecule has 0 unspecified atom stereocenters. The number of benzene rings is 2. The second kappa shape index (κ2) is 9.53. The lowest BCUT2D eigenvalue weighted by Crippen LogP contribution is -2.33. The van der Waals surface area contributed by atoms with Gasteiger partial charge in [-0.05, 0) is 23.8 Å². The Hall–Kier alpha value is -3.21. The van der Waals surface area contributed by atoms with E-state index in [2.05, 4.69) is 34.2 Å². The highest BCUT2D eigenvalue weighted by molar-refractivity contribution is 8.00. The molecule has 0 radical (unpaired) electrons. The number of thioether (sulfide) groups is 1. The molecule has 0 N–H and O–H groups in total. The van der Waals surface area contributed by atoms with Crippen molar-refractivity contribution in [2.75, 3.05) is 17.2 Å². The maximum atomic E-state index is 12.9. The normalized spacial score (nSPS) is 10.6. The molecule has 2 aromatic carbocycles. The average molecular weight is 431 g/mol. The molecule has 0 bridgehead atoms. The van der Waals surface area contributed by atoms with E-state index in [1.807, 2.05) is 48.5 Å². The van der Waals surface area contributed by atoms with Crippen LogP contribution in [0, 0.1) is 11.3 Å². The first-order valence-corrected chi connectivity index (χ1v) is 11.2. The third-order valence-corrected chi connectivity index (χ3v) is 6.58. The summed E-state index contributed by atoms with van der Waals surface area (Å²) >= 11 is 3.02. The van der Waals surface area contributed by atoms with Crippen LogP contribution < -0.4 is 4.90 Å². The molecule has 7 heteroatoms. The molecular weight excluding hydrogens is 412 g/mol. The van der Waals surface area contributed by atoms with Gasteiger partial charge in [0.15, 0.2) is 0 Å². The molecule has 2 heterocycles. The largest absolute Gasteiger partial charge is 0.311 e. The molecule has 4 aromatic rings. The van der Waals surface area contributed by atoms with Gasteiger partial charge in [0.1, 0.15) is 16.2 Å². The van der Waals surface area contributed by atoms with Crippen molar-refractivity contribution >= 4 is 44.9 Å². The second-order valence-corrected chi connectivity index (χ2v) is 8.45. The van der Waals surface area contributed by atoms with Gasteiger partial charge < -0.3 is 4.90 Å². The van der Waals surface area contributed by atoms with Gasteiger partial charge in [0, 0.05) is 22.5 Å². The van der Waals surface area contributed by atoms with E-state index in [1.165, 1.54) is 11.8 Å². The highest BCUT2D eigenvalue weighted by atomic mass is 32.2. The molecule has 30 heavy (non-hydrogen) atoms. The zero-order chi connectivity index (χ0) is 20.8. The number of aromatic nitrogens is 2. The van der Waals surface area contributed by atoms with Gasteiger partial charge in [-0.15, -0.1) is 11.3 Å². The number of carbonyl (C=O) groups excluding carboxylic acids is 1. The number of thiophene rings is 1. The van der Waals surface area contributed by atoms with Crippen LogP contribution in [0.5, 0.6) is 0 Å². The molecule has 4 rings (SSSR count). The SMILES string of the molecule is N#CCCN(C(=O)CSc1ncnc2sc(-c3ccccc3)cc12)c1ccccc1. The zero-order valence-corrected chi connectivity index (χ0v) is 17.7. The lowest BCUT2D eigenvalue weighted by molar-refractivity contribution is -0.116. The summed E-state index contributed by atoms with van der Waals surface area (Å²) in [6.45, 7) is 0.371. The predicted octanol–water partition coefficient (Wildman–Crippen LogP) is 5.40. The van der Waals surface area contributed by atoms with Gasteiger partial charge in [-0.2, -0.15) is 5.26 Å². The molecule has 5 nitrogen and oxygen atoms in total. The average Bonchev–Trinajstić information content (AvgIpc) is 3.24. The standard InChI is InChI=1S/C23H18N4OS2/c24-12-7-13-27(18-10-5-2-6-11-18)21(28)15-29-22-19-14-20(17-8-3-1-4-9-17)30-23(19)26-16-25-22/h1-6,8-11,14,16H,7,13,15H2. The van der Waals surface area contributed by atoms with Crippen molar-refractivity contribution in [3.63, 3.8) is 0 Å². The van der Waals surface area contributed by atoms with Crippen molar-refractivity contribution < 1.29 is 4.79 Å². The summed E-state index contributed by atoms with van der Waals surface area (Å²) in [4.78, 5) is 25.5. The second-order valence-electron chi connectivity index (χ2n) is 6.45. The Bertz CT molecular complexity index is 1190. The highest BCUT2D eigenvalue weighted by Gasteiger charge is 2.17. The van der Waals surface area contributed by atoms with Crippen molar-refractivity contribution in [3.8, 4) is 16.5 Å². The maximum Gasteiger partial charge on any atom is 0.237 e. The van der Waals surface area contributed by atoms with Crippen LogP contribution in [-0.2, 0) is 4.79 Å². The summed E-state index contributed by atoms with van der Waals surface area (Å²) in [6, 6.07) is 23.8. The summed E-state index contributed by atoms with van der Waals surface area (Å²) in [5.74, 6) is 0.190. The number of hydrogen-bond acceptors (Lipinski definition) is 6. The molecule has 0 aliphatic rings. The van der Waals surface area contributed by atoms with Crippen LogP contribution in [0.15, 0.2) is 78.1 Å². The number of anilines is 1. The molecule has 1 amide bonds. The van der Waals surface area contributed by atoms with Crippen LogP contribution in [0.4, 0.5) is 5.69 Å². The number of fused-ring (bicyclic) bond motifs is 1. The van der Waals surface area contributed by atoms with E-state index in [4.69, 9.17) is 5.26 Å². The van der Waals surface area contributed by atoms with Crippen molar-refractivity contribution in [3.05, 3.63) is 73.1 Å². The third kappa shape index (κ3) is 4.51. The number of hydrogen-bond donors (Lipinski definition) is 0. The van der Waals surface area contributed by atoms with E-state index in [-0.39, 0.29) is 18.1 Å². The fourth-order valence-electron chi connectivity index (χ4n) is 3.07. The minimum Gasteiger partial charge on any atom is -0.311 e. The predicted molar refractivity (Wildman–Crippen MR) is 123 cm³/mol. The van der Waals surface area contributed by atoms with Crippen LogP contribution in [-0.4, -0.2) is 28.2 Å². The Labute approximate surface area is 183 Å². The Kier molecular flexibility index (Phi) is 6.38. The molecule has 0 saturated carbocycles. The van der Waals surface area contributed by atoms with Gasteiger partial charge in [-0.25, -0.2) is 9.97 Å². The first-order chi connectivity index (χ1) is 14.8. The maximum absolute atomic E-state index is 12.9. The monoisotopic (exact) mass is 430 g/mol. The first kappa shape index (κ1) is 20.1. The smallest absolute Gasteiger partial charge is 0.237 e. The van der Waals surface area contributed by atoms with Gasteiger partial charge >= 0.3 is 0 Å².